The van der Waals surface area contributed by atoms with Crippen LogP contribution in [-0.4, -0.2) is 11.5 Å². The van der Waals surface area contributed by atoms with Crippen LogP contribution < -0.4 is 5.32 Å². The minimum absolute atomic E-state index is 0.394. The highest BCUT2D eigenvalue weighted by molar-refractivity contribution is 6.30. The molecule has 2 rings (SSSR count). The fourth-order valence-electron chi connectivity index (χ4n) is 2.95. The summed E-state index contributed by atoms with van der Waals surface area (Å²) in [6.45, 7) is 3.16. The highest BCUT2D eigenvalue weighted by Crippen LogP contribution is 2.33. The van der Waals surface area contributed by atoms with Crippen LogP contribution in [0.4, 0.5) is 0 Å². The summed E-state index contributed by atoms with van der Waals surface area (Å²) in [5.41, 5.74) is 1.15. The summed E-state index contributed by atoms with van der Waals surface area (Å²) in [7, 11) is 0. The molecule has 1 atom stereocenters. The molecule has 1 saturated carbocycles. The largest absolute Gasteiger partial charge is 0.309 e. The van der Waals surface area contributed by atoms with Crippen molar-refractivity contribution < 1.29 is 0 Å². The van der Waals surface area contributed by atoms with E-state index >= 15 is 0 Å². The van der Waals surface area contributed by atoms with Crippen LogP contribution in [0.1, 0.15) is 57.2 Å². The number of aromatic nitrogens is 1. The number of hydrogen-bond acceptors (Lipinski definition) is 2. The van der Waals surface area contributed by atoms with Crippen LogP contribution in [0.15, 0.2) is 18.3 Å². The third-order valence-electron chi connectivity index (χ3n) is 3.86. The van der Waals surface area contributed by atoms with Crippen LogP contribution in [0, 0.1) is 5.92 Å². The summed E-state index contributed by atoms with van der Waals surface area (Å²) in [6, 6.07) is 4.41. The summed E-state index contributed by atoms with van der Waals surface area (Å²) in [5, 5.41) is 4.33. The number of pyridine rings is 1. The zero-order valence-corrected chi connectivity index (χ0v) is 11.9. The van der Waals surface area contributed by atoms with Crippen molar-refractivity contribution in [1.29, 1.82) is 0 Å². The van der Waals surface area contributed by atoms with E-state index in [2.05, 4.69) is 23.3 Å². The fourth-order valence-corrected chi connectivity index (χ4v) is 3.06. The molecular weight excluding hydrogens is 244 g/mol. The molecule has 1 aromatic rings. The van der Waals surface area contributed by atoms with Gasteiger partial charge in [-0.05, 0) is 37.4 Å². The Morgan fingerprint density at radius 2 is 2.00 bits per heavy atom. The number of nitrogens with zero attached hydrogens (tertiary/aromatic N) is 1. The Hall–Kier alpha value is -0.600. The van der Waals surface area contributed by atoms with Gasteiger partial charge in [0.2, 0.25) is 0 Å². The van der Waals surface area contributed by atoms with Crippen LogP contribution in [0.25, 0.3) is 0 Å². The Bertz CT molecular complexity index is 342. The van der Waals surface area contributed by atoms with Gasteiger partial charge in [-0.15, -0.1) is 0 Å². The molecule has 0 amide bonds. The van der Waals surface area contributed by atoms with Crippen molar-refractivity contribution >= 4 is 11.6 Å². The zero-order valence-electron chi connectivity index (χ0n) is 11.2. The molecule has 0 aliphatic heterocycles. The van der Waals surface area contributed by atoms with Gasteiger partial charge in [0.1, 0.15) is 0 Å². The molecule has 1 heterocycles. The number of rotatable bonds is 4. The molecule has 0 spiro atoms. The molecule has 0 bridgehead atoms. The first-order valence-electron chi connectivity index (χ1n) is 7.16. The lowest BCUT2D eigenvalue weighted by molar-refractivity contribution is 0.324. The minimum Gasteiger partial charge on any atom is -0.309 e. The summed E-state index contributed by atoms with van der Waals surface area (Å²) in [4.78, 5) is 4.51. The van der Waals surface area contributed by atoms with E-state index in [9.17, 15) is 0 Å². The van der Waals surface area contributed by atoms with E-state index in [1.54, 1.807) is 6.20 Å². The number of halogens is 1. The van der Waals surface area contributed by atoms with Gasteiger partial charge in [0, 0.05) is 6.20 Å². The predicted molar refractivity (Wildman–Crippen MR) is 76.9 cm³/mol. The molecule has 1 aliphatic rings. The second-order valence-corrected chi connectivity index (χ2v) is 5.62. The van der Waals surface area contributed by atoms with Crippen molar-refractivity contribution in [3.05, 3.63) is 29.0 Å². The van der Waals surface area contributed by atoms with Crippen molar-refractivity contribution in [3.8, 4) is 0 Å². The molecule has 1 aromatic heterocycles. The lowest BCUT2D eigenvalue weighted by Gasteiger charge is -2.26. The zero-order chi connectivity index (χ0) is 12.8. The van der Waals surface area contributed by atoms with E-state index in [1.807, 2.05) is 6.07 Å². The molecule has 1 N–H and O–H groups in total. The van der Waals surface area contributed by atoms with Crippen molar-refractivity contribution in [2.45, 2.75) is 51.5 Å². The topological polar surface area (TPSA) is 24.9 Å². The number of hydrogen-bond donors (Lipinski definition) is 1. The average Bonchev–Trinajstić information content (AvgIpc) is 2.66. The molecule has 1 unspecified atom stereocenters. The third-order valence-corrected chi connectivity index (χ3v) is 4.09. The second-order valence-electron chi connectivity index (χ2n) is 5.19. The van der Waals surface area contributed by atoms with E-state index in [-0.39, 0.29) is 0 Å². The van der Waals surface area contributed by atoms with Gasteiger partial charge < -0.3 is 5.32 Å². The molecular formula is C15H23ClN2. The molecule has 1 fully saturated rings. The first-order valence-corrected chi connectivity index (χ1v) is 7.54. The fraction of sp³-hybridized carbons (Fsp3) is 0.667. The van der Waals surface area contributed by atoms with Gasteiger partial charge in [0.15, 0.2) is 0 Å². The smallest absolute Gasteiger partial charge is 0.0589 e. The van der Waals surface area contributed by atoms with Crippen molar-refractivity contribution in [2.24, 2.45) is 5.92 Å². The second kappa shape index (κ2) is 7.10. The standard InChI is InChI=1S/C15H23ClN2/c1-2-17-15(12-7-5-3-4-6-8-12)14-10-9-13(16)11-18-14/h9-12,15,17H,2-8H2,1H3. The van der Waals surface area contributed by atoms with Gasteiger partial charge in [0.05, 0.1) is 16.8 Å². The van der Waals surface area contributed by atoms with Gasteiger partial charge in [0.25, 0.3) is 0 Å². The molecule has 3 heteroatoms. The molecule has 0 radical (unpaired) electrons. The quantitative estimate of drug-likeness (QED) is 0.820. The first-order chi connectivity index (χ1) is 8.81. The van der Waals surface area contributed by atoms with Crippen molar-refractivity contribution in [2.75, 3.05) is 6.54 Å². The normalized spacial score (nSPS) is 19.4. The molecule has 18 heavy (non-hydrogen) atoms. The summed E-state index contributed by atoms with van der Waals surface area (Å²) in [6.07, 6.45) is 9.91. The Kier molecular flexibility index (Phi) is 5.45. The first kappa shape index (κ1) is 13.8. The van der Waals surface area contributed by atoms with E-state index in [0.717, 1.165) is 23.2 Å². The van der Waals surface area contributed by atoms with Crippen LogP contribution in [0.3, 0.4) is 0 Å². The van der Waals surface area contributed by atoms with Crippen LogP contribution in [0.5, 0.6) is 0 Å². The van der Waals surface area contributed by atoms with E-state index in [1.165, 1.54) is 38.5 Å². The number of nitrogens with one attached hydrogen (secondary N) is 1. The minimum atomic E-state index is 0.394. The van der Waals surface area contributed by atoms with Crippen LogP contribution >= 0.6 is 11.6 Å². The van der Waals surface area contributed by atoms with Crippen molar-refractivity contribution in [3.63, 3.8) is 0 Å². The summed E-state index contributed by atoms with van der Waals surface area (Å²) in [5.74, 6) is 0.723. The summed E-state index contributed by atoms with van der Waals surface area (Å²) >= 11 is 5.92. The summed E-state index contributed by atoms with van der Waals surface area (Å²) < 4.78 is 0. The van der Waals surface area contributed by atoms with Gasteiger partial charge in [-0.1, -0.05) is 44.2 Å². The van der Waals surface area contributed by atoms with Gasteiger partial charge >= 0.3 is 0 Å². The molecule has 2 nitrogen and oxygen atoms in total. The highest BCUT2D eigenvalue weighted by atomic mass is 35.5. The van der Waals surface area contributed by atoms with Gasteiger partial charge in [-0.2, -0.15) is 0 Å². The van der Waals surface area contributed by atoms with Crippen LogP contribution in [-0.2, 0) is 0 Å². The Morgan fingerprint density at radius 1 is 1.28 bits per heavy atom. The Balaban J connectivity index is 2.12. The van der Waals surface area contributed by atoms with Crippen molar-refractivity contribution in [1.82, 2.24) is 10.3 Å². The predicted octanol–water partition coefficient (Wildman–Crippen LogP) is 4.36. The lowest BCUT2D eigenvalue weighted by Crippen LogP contribution is -2.28. The van der Waals surface area contributed by atoms with E-state index in [0.29, 0.717) is 6.04 Å². The maximum atomic E-state index is 5.92. The molecule has 0 aromatic carbocycles. The molecule has 100 valence electrons. The van der Waals surface area contributed by atoms with Gasteiger partial charge in [-0.3, -0.25) is 4.98 Å². The average molecular weight is 267 g/mol. The van der Waals surface area contributed by atoms with Gasteiger partial charge in [-0.25, -0.2) is 0 Å². The molecule has 1 aliphatic carbocycles. The third kappa shape index (κ3) is 3.69. The van der Waals surface area contributed by atoms with E-state index in [4.69, 9.17) is 11.6 Å². The lowest BCUT2D eigenvalue weighted by atomic mass is 9.89. The highest BCUT2D eigenvalue weighted by Gasteiger charge is 2.24. The maximum absolute atomic E-state index is 5.92. The Morgan fingerprint density at radius 3 is 2.56 bits per heavy atom. The van der Waals surface area contributed by atoms with E-state index < -0.39 is 0 Å². The SMILES string of the molecule is CCNC(c1ccc(Cl)cn1)C1CCCCCC1. The van der Waals surface area contributed by atoms with Crippen LogP contribution in [0.2, 0.25) is 5.02 Å². The Labute approximate surface area is 115 Å². The monoisotopic (exact) mass is 266 g/mol. The molecule has 0 saturated heterocycles. The maximum Gasteiger partial charge on any atom is 0.0589 e.